The summed E-state index contributed by atoms with van der Waals surface area (Å²) < 4.78 is 0. The van der Waals surface area contributed by atoms with Crippen LogP contribution >= 0.6 is 0 Å². The van der Waals surface area contributed by atoms with Crippen molar-refractivity contribution in [3.63, 3.8) is 0 Å². The zero-order chi connectivity index (χ0) is 11.7. The van der Waals surface area contributed by atoms with Gasteiger partial charge in [-0.05, 0) is 12.1 Å². The van der Waals surface area contributed by atoms with Gasteiger partial charge in [-0.25, -0.2) is 4.98 Å². The molecule has 0 fully saturated rings. The Bertz CT molecular complexity index is 593. The SMILES string of the molecule is NC(=O)c1ccc2cccc(C(N)=O)c2n1. The summed E-state index contributed by atoms with van der Waals surface area (Å²) in [5, 5.41) is 0.737. The quantitative estimate of drug-likeness (QED) is 0.759. The van der Waals surface area contributed by atoms with Crippen molar-refractivity contribution in [3.8, 4) is 0 Å². The molecular formula is C11H9N3O2. The molecular weight excluding hydrogens is 206 g/mol. The minimum absolute atomic E-state index is 0.112. The van der Waals surface area contributed by atoms with E-state index in [4.69, 9.17) is 11.5 Å². The zero-order valence-electron chi connectivity index (χ0n) is 8.31. The van der Waals surface area contributed by atoms with E-state index < -0.39 is 11.8 Å². The Balaban J connectivity index is 2.78. The number of para-hydroxylation sites is 1. The fourth-order valence-corrected chi connectivity index (χ4v) is 1.48. The molecule has 0 bridgehead atoms. The summed E-state index contributed by atoms with van der Waals surface area (Å²) in [7, 11) is 0. The molecule has 0 aliphatic heterocycles. The Morgan fingerprint density at radius 1 is 1.00 bits per heavy atom. The van der Waals surface area contributed by atoms with Crippen molar-refractivity contribution < 1.29 is 9.59 Å². The largest absolute Gasteiger partial charge is 0.366 e. The zero-order valence-corrected chi connectivity index (χ0v) is 8.31. The van der Waals surface area contributed by atoms with E-state index in [9.17, 15) is 9.59 Å². The van der Waals surface area contributed by atoms with Crippen LogP contribution in [0.2, 0.25) is 0 Å². The van der Waals surface area contributed by atoms with E-state index in [1.165, 1.54) is 6.07 Å². The van der Waals surface area contributed by atoms with Gasteiger partial charge >= 0.3 is 0 Å². The van der Waals surface area contributed by atoms with Crippen LogP contribution in [0.5, 0.6) is 0 Å². The van der Waals surface area contributed by atoms with Gasteiger partial charge in [0.25, 0.3) is 11.8 Å². The topological polar surface area (TPSA) is 99.1 Å². The summed E-state index contributed by atoms with van der Waals surface area (Å²) in [6, 6.07) is 8.22. The third-order valence-corrected chi connectivity index (χ3v) is 2.24. The first kappa shape index (κ1) is 10.1. The lowest BCUT2D eigenvalue weighted by molar-refractivity contribution is 0.0987. The summed E-state index contributed by atoms with van der Waals surface area (Å²) in [5.41, 5.74) is 11.1. The third kappa shape index (κ3) is 1.58. The maximum Gasteiger partial charge on any atom is 0.267 e. The number of amides is 2. The minimum Gasteiger partial charge on any atom is -0.366 e. The van der Waals surface area contributed by atoms with Gasteiger partial charge in [-0.3, -0.25) is 9.59 Å². The lowest BCUT2D eigenvalue weighted by Gasteiger charge is -2.03. The average Bonchev–Trinajstić information content (AvgIpc) is 2.27. The number of nitrogens with zero attached hydrogens (tertiary/aromatic N) is 1. The summed E-state index contributed by atoms with van der Waals surface area (Å²) in [5.74, 6) is -1.22. The maximum absolute atomic E-state index is 11.2. The Kier molecular flexibility index (Phi) is 2.28. The molecule has 1 aromatic heterocycles. The number of hydrogen-bond acceptors (Lipinski definition) is 3. The number of rotatable bonds is 2. The van der Waals surface area contributed by atoms with Crippen molar-refractivity contribution in [1.29, 1.82) is 0 Å². The summed E-state index contributed by atoms with van der Waals surface area (Å²) in [6.45, 7) is 0. The molecule has 1 aromatic carbocycles. The predicted octanol–water partition coefficient (Wildman–Crippen LogP) is 0.433. The van der Waals surface area contributed by atoms with Gasteiger partial charge in [0.05, 0.1) is 11.1 Å². The van der Waals surface area contributed by atoms with Crippen LogP contribution in [0.3, 0.4) is 0 Å². The van der Waals surface area contributed by atoms with Crippen molar-refractivity contribution in [1.82, 2.24) is 4.98 Å². The van der Waals surface area contributed by atoms with Gasteiger partial charge < -0.3 is 11.5 Å². The number of benzene rings is 1. The van der Waals surface area contributed by atoms with Crippen LogP contribution < -0.4 is 11.5 Å². The number of carbonyl (C=O) groups excluding carboxylic acids is 2. The minimum atomic E-state index is -0.638. The van der Waals surface area contributed by atoms with Crippen LogP contribution in [-0.4, -0.2) is 16.8 Å². The van der Waals surface area contributed by atoms with Gasteiger partial charge in [0.1, 0.15) is 5.69 Å². The fourth-order valence-electron chi connectivity index (χ4n) is 1.48. The van der Waals surface area contributed by atoms with Gasteiger partial charge in [-0.15, -0.1) is 0 Å². The van der Waals surface area contributed by atoms with Crippen LogP contribution in [-0.2, 0) is 0 Å². The Morgan fingerprint density at radius 3 is 2.38 bits per heavy atom. The maximum atomic E-state index is 11.2. The van der Waals surface area contributed by atoms with E-state index in [1.54, 1.807) is 24.3 Å². The highest BCUT2D eigenvalue weighted by molar-refractivity contribution is 6.05. The molecule has 4 N–H and O–H groups in total. The number of fused-ring (bicyclic) bond motifs is 1. The third-order valence-electron chi connectivity index (χ3n) is 2.24. The van der Waals surface area contributed by atoms with Crippen LogP contribution in [0.1, 0.15) is 20.8 Å². The first-order valence-electron chi connectivity index (χ1n) is 4.59. The second-order valence-corrected chi connectivity index (χ2v) is 3.30. The Morgan fingerprint density at radius 2 is 1.75 bits per heavy atom. The number of primary amides is 2. The van der Waals surface area contributed by atoms with Crippen LogP contribution in [0, 0.1) is 0 Å². The molecule has 5 heteroatoms. The van der Waals surface area contributed by atoms with Crippen LogP contribution in [0.15, 0.2) is 30.3 Å². The molecule has 2 rings (SSSR count). The Hall–Kier alpha value is -2.43. The molecule has 0 unspecified atom stereocenters. The van der Waals surface area contributed by atoms with Crippen molar-refractivity contribution >= 4 is 22.7 Å². The number of carbonyl (C=O) groups is 2. The lowest BCUT2D eigenvalue weighted by atomic mass is 10.1. The average molecular weight is 215 g/mol. The van der Waals surface area contributed by atoms with Crippen molar-refractivity contribution in [2.24, 2.45) is 11.5 Å². The molecule has 0 radical (unpaired) electrons. The van der Waals surface area contributed by atoms with Crippen molar-refractivity contribution in [2.75, 3.05) is 0 Å². The van der Waals surface area contributed by atoms with E-state index in [0.29, 0.717) is 5.52 Å². The first-order chi connectivity index (χ1) is 7.59. The highest BCUT2D eigenvalue weighted by Gasteiger charge is 2.09. The number of aromatic nitrogens is 1. The molecule has 80 valence electrons. The number of hydrogen-bond donors (Lipinski definition) is 2. The van der Waals surface area contributed by atoms with Crippen molar-refractivity contribution in [3.05, 3.63) is 41.6 Å². The van der Waals surface area contributed by atoms with Gasteiger partial charge in [-0.2, -0.15) is 0 Å². The smallest absolute Gasteiger partial charge is 0.267 e. The summed E-state index contributed by atoms with van der Waals surface area (Å²) >= 11 is 0. The number of nitrogens with two attached hydrogens (primary N) is 2. The molecule has 0 aliphatic carbocycles. The van der Waals surface area contributed by atoms with Gasteiger partial charge in [0.2, 0.25) is 0 Å². The van der Waals surface area contributed by atoms with Crippen LogP contribution in [0.25, 0.3) is 10.9 Å². The second kappa shape index (κ2) is 3.62. The van der Waals surface area contributed by atoms with E-state index in [0.717, 1.165) is 5.39 Å². The van der Waals surface area contributed by atoms with Crippen LogP contribution in [0.4, 0.5) is 0 Å². The molecule has 2 amide bonds. The molecule has 0 spiro atoms. The predicted molar refractivity (Wildman–Crippen MR) is 58.8 cm³/mol. The molecule has 0 aliphatic rings. The molecule has 0 saturated heterocycles. The van der Waals surface area contributed by atoms with Crippen molar-refractivity contribution in [2.45, 2.75) is 0 Å². The standard InChI is InChI=1S/C11H9N3O2/c12-10(15)7-3-1-2-6-4-5-8(11(13)16)14-9(6)7/h1-5H,(H2,12,15)(H2,13,16). The molecule has 16 heavy (non-hydrogen) atoms. The highest BCUT2D eigenvalue weighted by atomic mass is 16.1. The molecule has 2 aromatic rings. The van der Waals surface area contributed by atoms with E-state index in [2.05, 4.69) is 4.98 Å². The molecule has 0 atom stereocenters. The molecule has 1 heterocycles. The molecule has 5 nitrogen and oxygen atoms in total. The van der Waals surface area contributed by atoms with Gasteiger partial charge in [-0.1, -0.05) is 18.2 Å². The van der Waals surface area contributed by atoms with E-state index in [-0.39, 0.29) is 11.3 Å². The van der Waals surface area contributed by atoms with Gasteiger partial charge in [0, 0.05) is 5.39 Å². The van der Waals surface area contributed by atoms with E-state index in [1.807, 2.05) is 0 Å². The highest BCUT2D eigenvalue weighted by Crippen LogP contribution is 2.16. The lowest BCUT2D eigenvalue weighted by Crippen LogP contribution is -2.15. The van der Waals surface area contributed by atoms with Gasteiger partial charge in [0.15, 0.2) is 0 Å². The Labute approximate surface area is 91.1 Å². The molecule has 0 saturated carbocycles. The fraction of sp³-hybridized carbons (Fsp3) is 0. The van der Waals surface area contributed by atoms with E-state index >= 15 is 0 Å². The number of pyridine rings is 1. The summed E-state index contributed by atoms with van der Waals surface area (Å²) in [4.78, 5) is 26.2. The summed E-state index contributed by atoms with van der Waals surface area (Å²) in [6.07, 6.45) is 0. The monoisotopic (exact) mass is 215 g/mol. The first-order valence-corrected chi connectivity index (χ1v) is 4.59. The second-order valence-electron chi connectivity index (χ2n) is 3.30. The normalized spacial score (nSPS) is 10.2.